The molecule has 0 saturated carbocycles. The van der Waals surface area contributed by atoms with E-state index >= 15 is 0 Å². The van der Waals surface area contributed by atoms with Gasteiger partial charge in [0.25, 0.3) is 5.56 Å². The van der Waals surface area contributed by atoms with E-state index in [0.717, 1.165) is 4.79 Å². The molecule has 2 N–H and O–H groups in total. The van der Waals surface area contributed by atoms with Gasteiger partial charge in [-0.05, 0) is 44.5 Å². The minimum atomic E-state index is -0.660. The largest absolute Gasteiger partial charge is 0.444 e. The maximum atomic E-state index is 13.0. The van der Waals surface area contributed by atoms with Crippen molar-refractivity contribution in [2.45, 2.75) is 39.3 Å². The Balaban J connectivity index is 1.83. The molecular weight excluding hydrogens is 403 g/mol. The van der Waals surface area contributed by atoms with Crippen molar-refractivity contribution < 1.29 is 18.7 Å². The van der Waals surface area contributed by atoms with Gasteiger partial charge in [-0.25, -0.2) is 14.6 Å². The summed E-state index contributed by atoms with van der Waals surface area (Å²) in [6.07, 6.45) is -0.691. The number of carbonyl (C=O) groups excluding carboxylic acids is 2. The predicted molar refractivity (Wildman–Crippen MR) is 114 cm³/mol. The summed E-state index contributed by atoms with van der Waals surface area (Å²) in [6.45, 7) is 5.23. The van der Waals surface area contributed by atoms with Crippen LogP contribution >= 0.6 is 0 Å². The van der Waals surface area contributed by atoms with Crippen LogP contribution in [0.4, 0.5) is 9.18 Å². The molecule has 0 spiro atoms. The second-order valence-electron chi connectivity index (χ2n) is 7.90. The van der Waals surface area contributed by atoms with Crippen LogP contribution in [0.2, 0.25) is 0 Å². The zero-order valence-electron chi connectivity index (χ0n) is 17.4. The van der Waals surface area contributed by atoms with Gasteiger partial charge in [0.2, 0.25) is 5.91 Å². The van der Waals surface area contributed by atoms with Crippen LogP contribution in [0.3, 0.4) is 0 Å². The fraction of sp³-hybridized carbons (Fsp3) is 0.273. The van der Waals surface area contributed by atoms with Crippen LogP contribution in [0.15, 0.2) is 53.3 Å². The number of benzene rings is 2. The Morgan fingerprint density at radius 2 is 1.71 bits per heavy atom. The van der Waals surface area contributed by atoms with Gasteiger partial charge >= 0.3 is 6.09 Å². The first-order valence-electron chi connectivity index (χ1n) is 9.64. The number of hydrogen-bond acceptors (Lipinski definition) is 5. The van der Waals surface area contributed by atoms with Gasteiger partial charge in [-0.1, -0.05) is 30.3 Å². The number of ether oxygens (including phenoxy) is 1. The lowest BCUT2D eigenvalue weighted by Crippen LogP contribution is -2.38. The molecule has 31 heavy (non-hydrogen) atoms. The molecule has 0 fully saturated rings. The summed E-state index contributed by atoms with van der Waals surface area (Å²) < 4.78 is 18.3. The maximum Gasteiger partial charge on any atom is 0.407 e. The highest BCUT2D eigenvalue weighted by atomic mass is 19.1. The van der Waals surface area contributed by atoms with Crippen molar-refractivity contribution in [2.24, 2.45) is 0 Å². The zero-order valence-corrected chi connectivity index (χ0v) is 17.4. The Labute approximate surface area is 178 Å². The smallest absolute Gasteiger partial charge is 0.407 e. The average molecular weight is 426 g/mol. The highest BCUT2D eigenvalue weighted by Crippen LogP contribution is 2.13. The van der Waals surface area contributed by atoms with Gasteiger partial charge in [0.15, 0.2) is 0 Å². The predicted octanol–water partition coefficient (Wildman–Crippen LogP) is 2.87. The number of fused-ring (bicyclic) bond motifs is 1. The lowest BCUT2D eigenvalue weighted by molar-refractivity contribution is -0.116. The summed E-state index contributed by atoms with van der Waals surface area (Å²) >= 11 is 0. The number of hydrogen-bond donors (Lipinski definition) is 2. The topological polar surface area (TPSA) is 102 Å². The Morgan fingerprint density at radius 3 is 2.35 bits per heavy atom. The SMILES string of the molecule is CC(C)(C)OC(=O)NCc1nn(NC(=O)Cc2ccc(F)cc2)c(=O)c2ccccc12. The van der Waals surface area contributed by atoms with Crippen LogP contribution in [-0.2, 0) is 22.5 Å². The Hall–Kier alpha value is -3.75. The summed E-state index contributed by atoms with van der Waals surface area (Å²) in [5.74, 6) is -0.902. The summed E-state index contributed by atoms with van der Waals surface area (Å²) in [4.78, 5) is 38.0. The molecule has 0 aliphatic carbocycles. The molecule has 3 aromatic rings. The van der Waals surface area contributed by atoms with E-state index in [4.69, 9.17) is 4.74 Å². The van der Waals surface area contributed by atoms with Gasteiger partial charge < -0.3 is 10.1 Å². The average Bonchev–Trinajstić information content (AvgIpc) is 2.69. The molecular formula is C22H23FN4O4. The molecule has 3 rings (SSSR count). The fourth-order valence-corrected chi connectivity index (χ4v) is 2.88. The second kappa shape index (κ2) is 8.95. The van der Waals surface area contributed by atoms with E-state index in [0.29, 0.717) is 22.0 Å². The summed E-state index contributed by atoms with van der Waals surface area (Å²) in [6, 6.07) is 12.2. The highest BCUT2D eigenvalue weighted by Gasteiger charge is 2.17. The molecule has 2 aromatic carbocycles. The third-order valence-electron chi connectivity index (χ3n) is 4.19. The minimum Gasteiger partial charge on any atom is -0.444 e. The third kappa shape index (κ3) is 5.88. The first-order chi connectivity index (χ1) is 14.6. The summed E-state index contributed by atoms with van der Waals surface area (Å²) in [7, 11) is 0. The molecule has 162 valence electrons. The number of alkyl carbamates (subject to hydrolysis) is 1. The van der Waals surface area contributed by atoms with E-state index in [1.165, 1.54) is 24.3 Å². The minimum absolute atomic E-state index is 0.0104. The van der Waals surface area contributed by atoms with E-state index in [2.05, 4.69) is 15.8 Å². The summed E-state index contributed by atoms with van der Waals surface area (Å²) in [5, 5.41) is 7.69. The lowest BCUT2D eigenvalue weighted by atomic mass is 10.1. The quantitative estimate of drug-likeness (QED) is 0.653. The number of amides is 2. The van der Waals surface area contributed by atoms with Crippen LogP contribution in [0.1, 0.15) is 32.0 Å². The normalized spacial score (nSPS) is 11.2. The van der Waals surface area contributed by atoms with Gasteiger partial charge in [-0.3, -0.25) is 9.59 Å². The molecule has 0 saturated heterocycles. The van der Waals surface area contributed by atoms with Crippen molar-refractivity contribution in [1.29, 1.82) is 0 Å². The molecule has 0 atom stereocenters. The first-order valence-corrected chi connectivity index (χ1v) is 9.64. The van der Waals surface area contributed by atoms with Gasteiger partial charge in [-0.2, -0.15) is 5.10 Å². The maximum absolute atomic E-state index is 13.0. The van der Waals surface area contributed by atoms with Gasteiger partial charge in [0, 0.05) is 5.39 Å². The molecule has 1 aromatic heterocycles. The molecule has 0 aliphatic heterocycles. The zero-order chi connectivity index (χ0) is 22.6. The molecule has 0 radical (unpaired) electrons. The molecule has 1 heterocycles. The van der Waals surface area contributed by atoms with Crippen molar-refractivity contribution in [3.63, 3.8) is 0 Å². The van der Waals surface area contributed by atoms with Gasteiger partial charge in [0.1, 0.15) is 11.4 Å². The number of nitrogens with zero attached hydrogens (tertiary/aromatic N) is 2. The monoisotopic (exact) mass is 426 g/mol. The Kier molecular flexibility index (Phi) is 6.33. The lowest BCUT2D eigenvalue weighted by Gasteiger charge is -2.20. The Bertz CT molecular complexity index is 1170. The molecule has 0 aliphatic rings. The molecule has 0 bridgehead atoms. The van der Waals surface area contributed by atoms with E-state index in [9.17, 15) is 18.8 Å². The van der Waals surface area contributed by atoms with Crippen LogP contribution in [0, 0.1) is 5.82 Å². The molecule has 9 heteroatoms. The number of aromatic nitrogens is 2. The van der Waals surface area contributed by atoms with Gasteiger partial charge in [0.05, 0.1) is 24.0 Å². The van der Waals surface area contributed by atoms with Crippen molar-refractivity contribution in [2.75, 3.05) is 5.43 Å². The summed E-state index contributed by atoms with van der Waals surface area (Å²) in [5.41, 5.74) is 2.24. The van der Waals surface area contributed by atoms with Crippen LogP contribution < -0.4 is 16.3 Å². The van der Waals surface area contributed by atoms with Crippen LogP contribution in [0.5, 0.6) is 0 Å². The number of nitrogens with one attached hydrogen (secondary N) is 2. The van der Waals surface area contributed by atoms with Crippen LogP contribution in [-0.4, -0.2) is 27.5 Å². The van der Waals surface area contributed by atoms with E-state index in [-0.39, 0.29) is 13.0 Å². The fourth-order valence-electron chi connectivity index (χ4n) is 2.88. The van der Waals surface area contributed by atoms with Gasteiger partial charge in [-0.15, -0.1) is 4.79 Å². The van der Waals surface area contributed by atoms with E-state index in [1.54, 1.807) is 45.0 Å². The van der Waals surface area contributed by atoms with E-state index < -0.39 is 29.0 Å². The first kappa shape index (κ1) is 21.9. The van der Waals surface area contributed by atoms with Crippen molar-refractivity contribution >= 4 is 22.8 Å². The number of rotatable bonds is 5. The van der Waals surface area contributed by atoms with E-state index in [1.807, 2.05) is 0 Å². The molecule has 0 unspecified atom stereocenters. The highest BCUT2D eigenvalue weighted by molar-refractivity contribution is 5.87. The number of carbonyl (C=O) groups is 2. The van der Waals surface area contributed by atoms with Crippen molar-refractivity contribution in [1.82, 2.24) is 15.2 Å². The second-order valence-corrected chi connectivity index (χ2v) is 7.90. The van der Waals surface area contributed by atoms with Crippen molar-refractivity contribution in [3.8, 4) is 0 Å². The van der Waals surface area contributed by atoms with Crippen molar-refractivity contribution in [3.05, 3.63) is 76.0 Å². The number of halogens is 1. The molecule has 2 amide bonds. The Morgan fingerprint density at radius 1 is 1.06 bits per heavy atom. The third-order valence-corrected chi connectivity index (χ3v) is 4.19. The standard InChI is InChI=1S/C22H23FN4O4/c1-22(2,3)31-21(30)24-13-18-16-6-4-5-7-17(16)20(29)27(25-18)26-19(28)12-14-8-10-15(23)11-9-14/h4-11H,12-13H2,1-3H3,(H,24,30)(H,26,28). The van der Waals surface area contributed by atoms with Crippen LogP contribution in [0.25, 0.3) is 10.8 Å². The molecule has 8 nitrogen and oxygen atoms in total.